The molecule has 32 heavy (non-hydrogen) atoms. The first-order chi connectivity index (χ1) is 15.1. The van der Waals surface area contributed by atoms with Crippen LogP contribution < -0.4 is 0 Å². The summed E-state index contributed by atoms with van der Waals surface area (Å²) >= 11 is 0. The van der Waals surface area contributed by atoms with Crippen LogP contribution in [0, 0.1) is 46.3 Å². The van der Waals surface area contributed by atoms with Crippen LogP contribution in [0.3, 0.4) is 0 Å². The Balaban J connectivity index is 1.19. The fraction of sp³-hybridized carbons (Fsp3) is 1.00. The van der Waals surface area contributed by atoms with E-state index < -0.39 is 17.8 Å². The van der Waals surface area contributed by atoms with E-state index in [0.717, 1.165) is 32.3 Å². The standard InChI is InChI=1S/C27H42O5/c1-14-5-8-27(30-13-14)15(2)23-20(32-27)10-18-16-9-22(29)26-11-19(28)21(31-26)12-25(26,4)17(16)6-7-24(18,23)3/h14-23,28-29H,5-13H2,1-4H3. The molecule has 0 radical (unpaired) electrons. The lowest BCUT2D eigenvalue weighted by Crippen LogP contribution is -2.65. The van der Waals surface area contributed by atoms with Gasteiger partial charge in [-0.05, 0) is 73.5 Å². The summed E-state index contributed by atoms with van der Waals surface area (Å²) in [5, 5.41) is 22.0. The highest BCUT2D eigenvalue weighted by atomic mass is 16.7. The Hall–Kier alpha value is -0.200. The van der Waals surface area contributed by atoms with Gasteiger partial charge in [-0.2, -0.15) is 0 Å². The Morgan fingerprint density at radius 2 is 1.69 bits per heavy atom. The highest BCUT2D eigenvalue weighted by Crippen LogP contribution is 2.74. The maximum absolute atomic E-state index is 11.5. The topological polar surface area (TPSA) is 68.2 Å². The predicted octanol–water partition coefficient (Wildman–Crippen LogP) is 3.90. The minimum atomic E-state index is -0.527. The largest absolute Gasteiger partial charge is 0.390 e. The molecule has 5 nitrogen and oxygen atoms in total. The van der Waals surface area contributed by atoms with Crippen molar-refractivity contribution in [3.63, 3.8) is 0 Å². The Morgan fingerprint density at radius 1 is 0.875 bits per heavy atom. The smallest absolute Gasteiger partial charge is 0.171 e. The van der Waals surface area contributed by atoms with Gasteiger partial charge in [0, 0.05) is 24.2 Å². The van der Waals surface area contributed by atoms with Crippen molar-refractivity contribution in [1.29, 1.82) is 0 Å². The van der Waals surface area contributed by atoms with E-state index in [-0.39, 0.29) is 22.7 Å². The van der Waals surface area contributed by atoms with Crippen LogP contribution in [-0.2, 0) is 14.2 Å². The fourth-order valence-corrected chi connectivity index (χ4v) is 10.9. The molecule has 14 atom stereocenters. The molecule has 0 aromatic rings. The van der Waals surface area contributed by atoms with E-state index in [9.17, 15) is 10.2 Å². The molecule has 14 unspecified atom stereocenters. The Kier molecular flexibility index (Phi) is 4.17. The van der Waals surface area contributed by atoms with Crippen LogP contribution in [0.1, 0.15) is 79.1 Å². The lowest BCUT2D eigenvalue weighted by Gasteiger charge is -2.62. The molecular weight excluding hydrogens is 404 g/mol. The van der Waals surface area contributed by atoms with Gasteiger partial charge in [0.1, 0.15) is 5.60 Å². The van der Waals surface area contributed by atoms with E-state index in [4.69, 9.17) is 14.2 Å². The van der Waals surface area contributed by atoms with Crippen LogP contribution in [0.2, 0.25) is 0 Å². The summed E-state index contributed by atoms with van der Waals surface area (Å²) < 4.78 is 19.7. The van der Waals surface area contributed by atoms with Crippen molar-refractivity contribution in [2.45, 2.75) is 115 Å². The van der Waals surface area contributed by atoms with Gasteiger partial charge < -0.3 is 24.4 Å². The molecule has 3 saturated carbocycles. The highest BCUT2D eigenvalue weighted by Gasteiger charge is 2.76. The average molecular weight is 447 g/mol. The number of fused-ring (bicyclic) bond motifs is 7. The summed E-state index contributed by atoms with van der Waals surface area (Å²) in [6.07, 6.45) is 7.51. The molecule has 7 rings (SSSR count). The number of hydrogen-bond acceptors (Lipinski definition) is 5. The molecular formula is C27H42O5. The molecule has 7 aliphatic rings. The van der Waals surface area contributed by atoms with Crippen molar-refractivity contribution in [1.82, 2.24) is 0 Å². The third kappa shape index (κ3) is 2.25. The van der Waals surface area contributed by atoms with Gasteiger partial charge in [0.15, 0.2) is 5.79 Å². The fourth-order valence-electron chi connectivity index (χ4n) is 10.9. The quantitative estimate of drug-likeness (QED) is 0.591. The third-order valence-electron chi connectivity index (χ3n) is 12.5. The second-order valence-electron chi connectivity index (χ2n) is 13.6. The summed E-state index contributed by atoms with van der Waals surface area (Å²) in [6, 6.07) is 0. The van der Waals surface area contributed by atoms with Crippen LogP contribution in [0.15, 0.2) is 0 Å². The third-order valence-corrected chi connectivity index (χ3v) is 12.5. The zero-order chi connectivity index (χ0) is 22.3. The predicted molar refractivity (Wildman–Crippen MR) is 119 cm³/mol. The van der Waals surface area contributed by atoms with E-state index in [1.165, 1.54) is 19.3 Å². The molecule has 7 fully saturated rings. The van der Waals surface area contributed by atoms with Gasteiger partial charge in [-0.15, -0.1) is 0 Å². The first-order valence-corrected chi connectivity index (χ1v) is 13.5. The molecule has 2 bridgehead atoms. The van der Waals surface area contributed by atoms with Crippen LogP contribution in [-0.4, -0.2) is 52.6 Å². The first-order valence-electron chi connectivity index (χ1n) is 13.5. The molecule has 0 amide bonds. The molecule has 4 heterocycles. The Morgan fingerprint density at radius 3 is 2.41 bits per heavy atom. The Labute approximate surface area is 192 Å². The molecule has 2 spiro atoms. The molecule has 4 aliphatic heterocycles. The second-order valence-corrected chi connectivity index (χ2v) is 13.6. The van der Waals surface area contributed by atoms with Gasteiger partial charge in [0.05, 0.1) is 31.0 Å². The molecule has 0 aromatic heterocycles. The van der Waals surface area contributed by atoms with Crippen molar-refractivity contribution >= 4 is 0 Å². The molecule has 0 aromatic carbocycles. The Bertz CT molecular complexity index is 804. The normalized spacial score (nSPS) is 67.3. The van der Waals surface area contributed by atoms with E-state index in [2.05, 4.69) is 27.7 Å². The number of rotatable bonds is 0. The average Bonchev–Trinajstić information content (AvgIpc) is 3.41. The van der Waals surface area contributed by atoms with Gasteiger partial charge in [-0.25, -0.2) is 0 Å². The zero-order valence-electron chi connectivity index (χ0n) is 20.3. The maximum Gasteiger partial charge on any atom is 0.171 e. The van der Waals surface area contributed by atoms with Gasteiger partial charge in [0.2, 0.25) is 0 Å². The summed E-state index contributed by atoms with van der Waals surface area (Å²) in [6.45, 7) is 10.4. The SMILES string of the molecule is CC1CCC2(OC1)OC1CC3C4CC(O)C56CC(O)C(CC5(C)C4CCC3(C)C1C2C)O6. The van der Waals surface area contributed by atoms with E-state index in [1.807, 2.05) is 0 Å². The zero-order valence-corrected chi connectivity index (χ0v) is 20.3. The van der Waals surface area contributed by atoms with Crippen molar-refractivity contribution in [2.24, 2.45) is 46.3 Å². The molecule has 5 heteroatoms. The highest BCUT2D eigenvalue weighted by molar-refractivity contribution is 5.24. The summed E-state index contributed by atoms with van der Waals surface area (Å²) in [4.78, 5) is 0. The van der Waals surface area contributed by atoms with Gasteiger partial charge in [0.25, 0.3) is 0 Å². The molecule has 180 valence electrons. The lowest BCUT2D eigenvalue weighted by atomic mass is 9.43. The number of aliphatic hydroxyl groups excluding tert-OH is 2. The van der Waals surface area contributed by atoms with Gasteiger partial charge in [-0.1, -0.05) is 27.7 Å². The van der Waals surface area contributed by atoms with E-state index in [0.29, 0.717) is 48.0 Å². The minimum Gasteiger partial charge on any atom is -0.390 e. The summed E-state index contributed by atoms with van der Waals surface area (Å²) in [7, 11) is 0. The monoisotopic (exact) mass is 446 g/mol. The number of ether oxygens (including phenoxy) is 3. The lowest BCUT2D eigenvalue weighted by molar-refractivity contribution is -0.274. The number of aliphatic hydroxyl groups is 2. The van der Waals surface area contributed by atoms with Crippen molar-refractivity contribution < 1.29 is 24.4 Å². The van der Waals surface area contributed by atoms with Crippen molar-refractivity contribution in [3.05, 3.63) is 0 Å². The van der Waals surface area contributed by atoms with Crippen molar-refractivity contribution in [2.75, 3.05) is 6.61 Å². The number of hydrogen-bond donors (Lipinski definition) is 2. The molecule has 4 saturated heterocycles. The van der Waals surface area contributed by atoms with E-state index >= 15 is 0 Å². The second kappa shape index (κ2) is 6.32. The van der Waals surface area contributed by atoms with Crippen LogP contribution >= 0.6 is 0 Å². The summed E-state index contributed by atoms with van der Waals surface area (Å²) in [5.41, 5.74) is -0.282. The van der Waals surface area contributed by atoms with Crippen LogP contribution in [0.5, 0.6) is 0 Å². The van der Waals surface area contributed by atoms with Crippen LogP contribution in [0.4, 0.5) is 0 Å². The summed E-state index contributed by atoms with van der Waals surface area (Å²) in [5.74, 6) is 2.98. The molecule has 2 N–H and O–H groups in total. The van der Waals surface area contributed by atoms with Crippen molar-refractivity contribution in [3.8, 4) is 0 Å². The van der Waals surface area contributed by atoms with Crippen LogP contribution in [0.25, 0.3) is 0 Å². The minimum absolute atomic E-state index is 0.0193. The van der Waals surface area contributed by atoms with Gasteiger partial charge >= 0.3 is 0 Å². The van der Waals surface area contributed by atoms with Gasteiger partial charge in [-0.3, -0.25) is 0 Å². The maximum atomic E-state index is 11.5. The van der Waals surface area contributed by atoms with E-state index in [1.54, 1.807) is 0 Å². The molecule has 3 aliphatic carbocycles. The first kappa shape index (κ1) is 21.1.